The van der Waals surface area contributed by atoms with E-state index in [1.165, 1.54) is 30.5 Å². The second-order valence-corrected chi connectivity index (χ2v) is 8.02. The fraction of sp³-hybridized carbons (Fsp3) is 0.158. The van der Waals surface area contributed by atoms with E-state index in [0.717, 1.165) is 6.07 Å². The van der Waals surface area contributed by atoms with Gasteiger partial charge in [-0.05, 0) is 42.8 Å². The highest BCUT2D eigenvalue weighted by Gasteiger charge is 2.31. The van der Waals surface area contributed by atoms with Crippen molar-refractivity contribution >= 4 is 33.5 Å². The Morgan fingerprint density at radius 1 is 1.30 bits per heavy atom. The minimum atomic E-state index is -4.61. The maximum atomic E-state index is 12.6. The third-order valence-corrected chi connectivity index (χ3v) is 5.06. The molecular weight excluding hydrogens is 443 g/mol. The van der Waals surface area contributed by atoms with Gasteiger partial charge in [0.2, 0.25) is 0 Å². The summed E-state index contributed by atoms with van der Waals surface area (Å²) in [5.41, 5.74) is -0.289. The number of aryl methyl sites for hydroxylation is 1. The van der Waals surface area contributed by atoms with E-state index in [1.54, 1.807) is 14.0 Å². The number of aliphatic imine (C=N–C) groups is 1. The molecule has 0 atom stereocenters. The highest BCUT2D eigenvalue weighted by molar-refractivity contribution is 7.92. The number of hydrogen-bond acceptors (Lipinski definition) is 5. The molecule has 0 saturated heterocycles. The molecule has 1 aromatic carbocycles. The summed E-state index contributed by atoms with van der Waals surface area (Å²) in [6.07, 6.45) is -1.27. The quantitative estimate of drug-likeness (QED) is 0.362. The third-order valence-electron chi connectivity index (χ3n) is 3.56. The number of anilines is 1. The van der Waals surface area contributed by atoms with Crippen LogP contribution in [-0.2, 0) is 16.2 Å². The zero-order valence-corrected chi connectivity index (χ0v) is 17.4. The minimum absolute atomic E-state index is 0.179. The third kappa shape index (κ3) is 6.33. The summed E-state index contributed by atoms with van der Waals surface area (Å²) < 4.78 is 70.4. The molecule has 11 heteroatoms. The normalized spacial score (nSPS) is 12.8. The Morgan fingerprint density at radius 3 is 2.53 bits per heavy atom. The zero-order valence-electron chi connectivity index (χ0n) is 15.9. The Kier molecular flexibility index (Phi) is 7.27. The van der Waals surface area contributed by atoms with E-state index >= 15 is 0 Å². The summed E-state index contributed by atoms with van der Waals surface area (Å²) >= 11 is 5.90. The van der Waals surface area contributed by atoms with Crippen LogP contribution in [0.2, 0.25) is 0 Å². The molecule has 30 heavy (non-hydrogen) atoms. The van der Waals surface area contributed by atoms with Gasteiger partial charge in [-0.15, -0.1) is 0 Å². The maximum Gasteiger partial charge on any atom is 0.417 e. The van der Waals surface area contributed by atoms with Crippen LogP contribution < -0.4 is 9.46 Å². The number of pyridine rings is 1. The van der Waals surface area contributed by atoms with Gasteiger partial charge in [-0.25, -0.2) is 4.98 Å². The average Bonchev–Trinajstić information content (AvgIpc) is 2.63. The first-order valence-electron chi connectivity index (χ1n) is 8.25. The van der Waals surface area contributed by atoms with Crippen LogP contribution in [0.25, 0.3) is 0 Å². The summed E-state index contributed by atoms with van der Waals surface area (Å²) in [7, 11) is -2.62. The Hall–Kier alpha value is -2.85. The van der Waals surface area contributed by atoms with Crippen LogP contribution in [0.15, 0.2) is 70.0 Å². The monoisotopic (exact) mass is 459 g/mol. The summed E-state index contributed by atoms with van der Waals surface area (Å²) in [4.78, 5) is 7.15. The molecule has 0 unspecified atom stereocenters. The van der Waals surface area contributed by atoms with Crippen molar-refractivity contribution in [2.45, 2.75) is 18.1 Å². The van der Waals surface area contributed by atoms with E-state index in [2.05, 4.69) is 21.3 Å². The highest BCUT2D eigenvalue weighted by Crippen LogP contribution is 2.29. The molecule has 2 aromatic rings. The lowest BCUT2D eigenvalue weighted by atomic mass is 10.2. The molecule has 0 aliphatic rings. The summed E-state index contributed by atoms with van der Waals surface area (Å²) in [6.45, 7) is 5.39. The highest BCUT2D eigenvalue weighted by atomic mass is 35.5. The molecule has 0 amide bonds. The topological polar surface area (TPSA) is 80.6 Å². The van der Waals surface area contributed by atoms with E-state index in [1.807, 2.05) is 0 Å². The van der Waals surface area contributed by atoms with Gasteiger partial charge in [0.25, 0.3) is 10.0 Å². The van der Waals surface area contributed by atoms with Gasteiger partial charge in [-0.3, -0.25) is 9.71 Å². The first-order chi connectivity index (χ1) is 13.9. The number of nitrogens with one attached hydrogen (secondary N) is 1. The van der Waals surface area contributed by atoms with E-state index in [0.29, 0.717) is 28.6 Å². The summed E-state index contributed by atoms with van der Waals surface area (Å²) in [5.74, 6) is 0.648. The molecule has 0 fully saturated rings. The SMILES string of the molecule is C=C(C=C(Cl)C=NC)Oc1ccc(NS(=O)(=O)c2ccc(C(F)(F)F)cn2)cc1C. The second kappa shape index (κ2) is 9.31. The number of halogens is 4. The Bertz CT molecular complexity index is 1100. The lowest BCUT2D eigenvalue weighted by Crippen LogP contribution is -2.15. The number of ether oxygens (including phenoxy) is 1. The molecule has 0 bridgehead atoms. The number of hydrogen-bond donors (Lipinski definition) is 1. The number of rotatable bonds is 7. The summed E-state index contributed by atoms with van der Waals surface area (Å²) in [5, 5.41) is -0.229. The molecule has 0 aliphatic carbocycles. The molecule has 1 N–H and O–H groups in total. The van der Waals surface area contributed by atoms with Crippen LogP contribution >= 0.6 is 11.6 Å². The van der Waals surface area contributed by atoms with Crippen molar-refractivity contribution in [3.63, 3.8) is 0 Å². The molecule has 0 radical (unpaired) electrons. The maximum absolute atomic E-state index is 12.6. The van der Waals surface area contributed by atoms with Gasteiger partial charge in [0, 0.05) is 31.2 Å². The van der Waals surface area contributed by atoms with Crippen molar-refractivity contribution in [2.75, 3.05) is 11.8 Å². The number of aromatic nitrogens is 1. The Labute approximate surface area is 176 Å². The van der Waals surface area contributed by atoms with Gasteiger partial charge in [-0.2, -0.15) is 21.6 Å². The molecular formula is C19H17ClF3N3O3S. The molecule has 2 rings (SSSR count). The number of nitrogens with zero attached hydrogens (tertiary/aromatic N) is 2. The zero-order chi connectivity index (χ0) is 22.5. The van der Waals surface area contributed by atoms with Crippen LogP contribution in [0.4, 0.5) is 18.9 Å². The Balaban J connectivity index is 2.16. The summed E-state index contributed by atoms with van der Waals surface area (Å²) in [6, 6.07) is 5.86. The molecule has 0 spiro atoms. The van der Waals surface area contributed by atoms with Crippen molar-refractivity contribution in [1.82, 2.24) is 4.98 Å². The Morgan fingerprint density at radius 2 is 2.00 bits per heavy atom. The van der Waals surface area contributed by atoms with E-state index in [4.69, 9.17) is 16.3 Å². The van der Waals surface area contributed by atoms with E-state index in [-0.39, 0.29) is 11.4 Å². The molecule has 1 heterocycles. The number of benzene rings is 1. The van der Waals surface area contributed by atoms with Gasteiger partial charge in [-0.1, -0.05) is 18.2 Å². The van der Waals surface area contributed by atoms with Gasteiger partial charge in [0.15, 0.2) is 5.03 Å². The van der Waals surface area contributed by atoms with Crippen LogP contribution in [-0.4, -0.2) is 26.7 Å². The van der Waals surface area contributed by atoms with Gasteiger partial charge in [0.1, 0.15) is 11.5 Å². The van der Waals surface area contributed by atoms with Crippen molar-refractivity contribution in [2.24, 2.45) is 4.99 Å². The van der Waals surface area contributed by atoms with E-state index in [9.17, 15) is 21.6 Å². The van der Waals surface area contributed by atoms with Crippen LogP contribution in [0.1, 0.15) is 11.1 Å². The van der Waals surface area contributed by atoms with Crippen LogP contribution in [0.5, 0.6) is 5.75 Å². The first kappa shape index (κ1) is 23.4. The molecule has 0 saturated carbocycles. The molecule has 0 aliphatic heterocycles. The fourth-order valence-corrected chi connectivity index (χ4v) is 3.43. The van der Waals surface area contributed by atoms with Gasteiger partial charge in [0.05, 0.1) is 10.6 Å². The number of alkyl halides is 3. The van der Waals surface area contributed by atoms with Crippen molar-refractivity contribution in [3.8, 4) is 5.75 Å². The minimum Gasteiger partial charge on any atom is -0.458 e. The predicted octanol–water partition coefficient (Wildman–Crippen LogP) is 4.93. The molecule has 6 nitrogen and oxygen atoms in total. The van der Waals surface area contributed by atoms with Gasteiger partial charge < -0.3 is 4.74 Å². The van der Waals surface area contributed by atoms with Crippen molar-refractivity contribution < 1.29 is 26.3 Å². The average molecular weight is 460 g/mol. The second-order valence-electron chi connectivity index (χ2n) is 5.95. The van der Waals surface area contributed by atoms with Crippen LogP contribution in [0, 0.1) is 6.92 Å². The van der Waals surface area contributed by atoms with Crippen molar-refractivity contribution in [3.05, 3.63) is 71.1 Å². The lowest BCUT2D eigenvalue weighted by Gasteiger charge is -2.12. The van der Waals surface area contributed by atoms with Gasteiger partial charge >= 0.3 is 6.18 Å². The smallest absolute Gasteiger partial charge is 0.417 e. The lowest BCUT2D eigenvalue weighted by molar-refractivity contribution is -0.137. The first-order valence-corrected chi connectivity index (χ1v) is 10.1. The number of sulfonamides is 1. The molecule has 160 valence electrons. The standard InChI is InChI=1S/C19H17ClF3N3O3S/c1-12-8-16(5-6-17(12)29-13(2)9-15(20)11-24-3)26-30(27,28)18-7-4-14(10-25-18)19(21,22)23/h4-11,26H,2H2,1,3H3. The number of allylic oxidation sites excluding steroid dienone is 2. The molecule has 1 aromatic heterocycles. The van der Waals surface area contributed by atoms with Crippen molar-refractivity contribution in [1.29, 1.82) is 0 Å². The fourth-order valence-electron chi connectivity index (χ4n) is 2.23. The van der Waals surface area contributed by atoms with Crippen LogP contribution in [0.3, 0.4) is 0 Å². The largest absolute Gasteiger partial charge is 0.458 e. The van der Waals surface area contributed by atoms with E-state index < -0.39 is 26.8 Å². The predicted molar refractivity (Wildman–Crippen MR) is 109 cm³/mol.